The van der Waals surface area contributed by atoms with Crippen LogP contribution in [0.2, 0.25) is 0 Å². The molecule has 3 rings (SSSR count). The molecule has 0 unspecified atom stereocenters. The Kier molecular flexibility index (Phi) is 6.34. The highest BCUT2D eigenvalue weighted by Gasteiger charge is 2.39. The summed E-state index contributed by atoms with van der Waals surface area (Å²) in [4.78, 5) is 27.2. The van der Waals surface area contributed by atoms with E-state index >= 15 is 0 Å². The molecule has 0 saturated carbocycles. The van der Waals surface area contributed by atoms with Crippen molar-refractivity contribution >= 4 is 23.1 Å². The first kappa shape index (κ1) is 20.2. The Labute approximate surface area is 170 Å². The van der Waals surface area contributed by atoms with Crippen LogP contribution in [0.5, 0.6) is 11.5 Å². The van der Waals surface area contributed by atoms with E-state index in [9.17, 15) is 9.59 Å². The van der Waals surface area contributed by atoms with E-state index in [1.54, 1.807) is 24.3 Å². The maximum Gasteiger partial charge on any atom is 0.278 e. The summed E-state index contributed by atoms with van der Waals surface area (Å²) in [6.45, 7) is 6.41. The average Bonchev–Trinajstić information content (AvgIpc) is 2.97. The average molecular weight is 392 g/mol. The minimum atomic E-state index is -0.407. The van der Waals surface area contributed by atoms with Crippen LogP contribution in [0.3, 0.4) is 0 Å². The highest BCUT2D eigenvalue weighted by atomic mass is 16.5. The number of methoxy groups -OCH3 is 1. The van der Waals surface area contributed by atoms with E-state index in [-0.39, 0.29) is 23.7 Å². The van der Waals surface area contributed by atoms with Crippen molar-refractivity contribution in [3.05, 3.63) is 72.4 Å². The van der Waals surface area contributed by atoms with Crippen LogP contribution in [0.25, 0.3) is 5.57 Å². The van der Waals surface area contributed by atoms with Gasteiger partial charge in [0.15, 0.2) is 0 Å². The molecule has 0 aromatic heterocycles. The van der Waals surface area contributed by atoms with Gasteiger partial charge in [-0.25, -0.2) is 0 Å². The summed E-state index contributed by atoms with van der Waals surface area (Å²) in [5, 5.41) is 3.12. The van der Waals surface area contributed by atoms with E-state index in [4.69, 9.17) is 9.47 Å². The van der Waals surface area contributed by atoms with Gasteiger partial charge in [0.2, 0.25) is 0 Å². The number of benzene rings is 2. The molecule has 1 N–H and O–H groups in total. The van der Waals surface area contributed by atoms with E-state index in [1.165, 1.54) is 13.2 Å². The molecule has 1 heterocycles. The standard InChI is InChI=1S/C23H24N2O4/c1-4-13-25-22(26)20(18-11-6-7-12-19(18)28-3)21(23(25)27)24-16-9-8-10-17(15-16)29-14-5-2/h4,6-12,15,24H,1,5,13-14H2,2-3H3. The van der Waals surface area contributed by atoms with Crippen LogP contribution in [0, 0.1) is 0 Å². The van der Waals surface area contributed by atoms with Crippen molar-refractivity contribution in [2.75, 3.05) is 25.6 Å². The number of hydrogen-bond acceptors (Lipinski definition) is 5. The summed E-state index contributed by atoms with van der Waals surface area (Å²) in [6.07, 6.45) is 2.42. The summed E-state index contributed by atoms with van der Waals surface area (Å²) in [6, 6.07) is 14.4. The van der Waals surface area contributed by atoms with Crippen molar-refractivity contribution in [2.45, 2.75) is 13.3 Å². The zero-order chi connectivity index (χ0) is 20.8. The minimum absolute atomic E-state index is 0.126. The van der Waals surface area contributed by atoms with Gasteiger partial charge in [-0.05, 0) is 24.6 Å². The maximum atomic E-state index is 13.1. The Morgan fingerprint density at radius 3 is 2.62 bits per heavy atom. The second-order valence-corrected chi connectivity index (χ2v) is 6.46. The fraction of sp³-hybridized carbons (Fsp3) is 0.217. The molecule has 6 heteroatoms. The van der Waals surface area contributed by atoms with Gasteiger partial charge in [-0.1, -0.05) is 37.3 Å². The molecule has 2 aromatic rings. The zero-order valence-electron chi connectivity index (χ0n) is 16.6. The van der Waals surface area contributed by atoms with Crippen LogP contribution < -0.4 is 14.8 Å². The molecule has 2 aromatic carbocycles. The van der Waals surface area contributed by atoms with Gasteiger partial charge >= 0.3 is 0 Å². The molecule has 150 valence electrons. The molecule has 0 saturated heterocycles. The summed E-state index contributed by atoms with van der Waals surface area (Å²) >= 11 is 0. The minimum Gasteiger partial charge on any atom is -0.496 e. The number of anilines is 1. The van der Waals surface area contributed by atoms with E-state index < -0.39 is 5.91 Å². The third-order valence-electron chi connectivity index (χ3n) is 4.43. The molecular weight excluding hydrogens is 368 g/mol. The number of ether oxygens (including phenoxy) is 2. The van der Waals surface area contributed by atoms with E-state index in [1.807, 2.05) is 31.2 Å². The van der Waals surface area contributed by atoms with Crippen molar-refractivity contribution in [3.8, 4) is 11.5 Å². The second-order valence-electron chi connectivity index (χ2n) is 6.46. The largest absolute Gasteiger partial charge is 0.496 e. The van der Waals surface area contributed by atoms with Crippen LogP contribution in [-0.4, -0.2) is 37.0 Å². The molecular formula is C23H24N2O4. The molecule has 6 nitrogen and oxygen atoms in total. The van der Waals surface area contributed by atoms with Gasteiger partial charge in [-0.3, -0.25) is 14.5 Å². The number of nitrogens with zero attached hydrogens (tertiary/aromatic N) is 1. The van der Waals surface area contributed by atoms with Crippen molar-refractivity contribution in [1.82, 2.24) is 4.90 Å². The first-order valence-electron chi connectivity index (χ1n) is 9.45. The van der Waals surface area contributed by atoms with Crippen molar-refractivity contribution in [2.24, 2.45) is 0 Å². The smallest absolute Gasteiger partial charge is 0.278 e. The topological polar surface area (TPSA) is 67.9 Å². The Morgan fingerprint density at radius 1 is 1.10 bits per heavy atom. The lowest BCUT2D eigenvalue weighted by Gasteiger charge is -2.13. The number of carbonyl (C=O) groups excluding carboxylic acids is 2. The molecule has 0 fully saturated rings. The summed E-state index contributed by atoms with van der Waals surface area (Å²) < 4.78 is 11.1. The molecule has 0 radical (unpaired) electrons. The van der Waals surface area contributed by atoms with Gasteiger partial charge in [-0.15, -0.1) is 6.58 Å². The van der Waals surface area contributed by atoms with Gasteiger partial charge in [0.25, 0.3) is 11.8 Å². The van der Waals surface area contributed by atoms with Crippen LogP contribution in [0.4, 0.5) is 5.69 Å². The molecule has 0 bridgehead atoms. The fourth-order valence-corrected chi connectivity index (χ4v) is 3.12. The molecule has 0 spiro atoms. The quantitative estimate of drug-likeness (QED) is 0.518. The summed E-state index contributed by atoms with van der Waals surface area (Å²) in [5.41, 5.74) is 1.69. The SMILES string of the molecule is C=CCN1C(=O)C(Nc2cccc(OCCC)c2)=C(c2ccccc2OC)C1=O. The maximum absolute atomic E-state index is 13.1. The Morgan fingerprint density at radius 2 is 1.90 bits per heavy atom. The van der Waals surface area contributed by atoms with E-state index in [2.05, 4.69) is 11.9 Å². The second kappa shape index (κ2) is 9.10. The van der Waals surface area contributed by atoms with Crippen molar-refractivity contribution < 1.29 is 19.1 Å². The lowest BCUT2D eigenvalue weighted by Crippen LogP contribution is -2.32. The predicted octanol–water partition coefficient (Wildman–Crippen LogP) is 3.86. The molecule has 1 aliphatic heterocycles. The molecule has 2 amide bonds. The third-order valence-corrected chi connectivity index (χ3v) is 4.43. The normalized spacial score (nSPS) is 13.7. The Bertz CT molecular complexity index is 965. The fourth-order valence-electron chi connectivity index (χ4n) is 3.12. The summed E-state index contributed by atoms with van der Waals surface area (Å²) in [7, 11) is 1.53. The number of amides is 2. The first-order chi connectivity index (χ1) is 14.1. The molecule has 1 aliphatic rings. The van der Waals surface area contributed by atoms with Crippen LogP contribution in [-0.2, 0) is 9.59 Å². The Balaban J connectivity index is 2.05. The lowest BCUT2D eigenvalue weighted by molar-refractivity contribution is -0.136. The molecule has 29 heavy (non-hydrogen) atoms. The highest BCUT2D eigenvalue weighted by Crippen LogP contribution is 2.35. The number of rotatable bonds is 9. The van der Waals surface area contributed by atoms with Crippen LogP contribution in [0.1, 0.15) is 18.9 Å². The molecule has 0 aliphatic carbocycles. The van der Waals surface area contributed by atoms with Gasteiger partial charge in [0, 0.05) is 23.9 Å². The lowest BCUT2D eigenvalue weighted by atomic mass is 10.0. The third kappa shape index (κ3) is 4.16. The Hall–Kier alpha value is -3.54. The first-order valence-corrected chi connectivity index (χ1v) is 9.45. The van der Waals surface area contributed by atoms with E-state index in [0.717, 1.165) is 11.3 Å². The van der Waals surface area contributed by atoms with Gasteiger partial charge < -0.3 is 14.8 Å². The summed E-state index contributed by atoms with van der Waals surface area (Å²) in [5.74, 6) is 0.412. The predicted molar refractivity (Wildman–Crippen MR) is 113 cm³/mol. The van der Waals surface area contributed by atoms with Crippen LogP contribution in [0.15, 0.2) is 66.9 Å². The number of para-hydroxylation sites is 1. The number of carbonyl (C=O) groups is 2. The van der Waals surface area contributed by atoms with Gasteiger partial charge in [0.1, 0.15) is 17.2 Å². The van der Waals surface area contributed by atoms with Crippen molar-refractivity contribution in [3.63, 3.8) is 0 Å². The molecule has 0 atom stereocenters. The highest BCUT2D eigenvalue weighted by molar-refractivity contribution is 6.37. The number of nitrogens with one attached hydrogen (secondary N) is 1. The zero-order valence-corrected chi connectivity index (χ0v) is 16.6. The van der Waals surface area contributed by atoms with Gasteiger partial charge in [-0.2, -0.15) is 0 Å². The monoisotopic (exact) mass is 392 g/mol. The van der Waals surface area contributed by atoms with Crippen molar-refractivity contribution in [1.29, 1.82) is 0 Å². The van der Waals surface area contributed by atoms with Gasteiger partial charge in [0.05, 0.1) is 19.3 Å². The number of hydrogen-bond donors (Lipinski definition) is 1. The van der Waals surface area contributed by atoms with Crippen LogP contribution >= 0.6 is 0 Å². The number of imide groups is 1. The van der Waals surface area contributed by atoms with E-state index in [0.29, 0.717) is 29.4 Å².